The molecule has 174 valence electrons. The third kappa shape index (κ3) is 4.84. The van der Waals surface area contributed by atoms with Gasteiger partial charge >= 0.3 is 5.69 Å². The van der Waals surface area contributed by atoms with Crippen molar-refractivity contribution >= 4 is 16.8 Å². The zero-order valence-corrected chi connectivity index (χ0v) is 19.6. The first-order chi connectivity index (χ1) is 16.4. The summed E-state index contributed by atoms with van der Waals surface area (Å²) in [6.45, 7) is 3.24. The number of H-pyrrole nitrogens is 1. The van der Waals surface area contributed by atoms with Crippen LogP contribution in [0.25, 0.3) is 22.0 Å². The Hall–Kier alpha value is -3.97. The molecule has 1 amide bonds. The minimum absolute atomic E-state index is 0.279. The average Bonchev–Trinajstić information content (AvgIpc) is 2.83. The second-order valence-electron chi connectivity index (χ2n) is 8.51. The molecule has 0 saturated carbocycles. The van der Waals surface area contributed by atoms with Crippen LogP contribution < -0.4 is 16.6 Å². The number of hydrogen-bond donors (Lipinski definition) is 2. The smallest absolute Gasteiger partial charge is 0.328 e. The summed E-state index contributed by atoms with van der Waals surface area (Å²) in [4.78, 5) is 42.3. The van der Waals surface area contributed by atoms with Crippen LogP contribution in [0, 0.1) is 0 Å². The van der Waals surface area contributed by atoms with Crippen LogP contribution in [0.1, 0.15) is 28.4 Å². The number of amides is 1. The van der Waals surface area contributed by atoms with Gasteiger partial charge in [-0.25, -0.2) is 4.79 Å². The lowest BCUT2D eigenvalue weighted by Gasteiger charge is -2.13. The van der Waals surface area contributed by atoms with E-state index in [1.807, 2.05) is 38.4 Å². The molecule has 0 spiro atoms. The van der Waals surface area contributed by atoms with Gasteiger partial charge in [0.2, 0.25) is 0 Å². The summed E-state index contributed by atoms with van der Waals surface area (Å²) in [5.74, 6) is -0.279. The molecular weight excluding hydrogens is 428 g/mol. The fraction of sp³-hybridized carbons (Fsp3) is 0.222. The van der Waals surface area contributed by atoms with Crippen molar-refractivity contribution in [1.29, 1.82) is 0 Å². The first kappa shape index (κ1) is 23.2. The van der Waals surface area contributed by atoms with Gasteiger partial charge in [0.05, 0.1) is 10.9 Å². The molecule has 4 aromatic rings. The molecule has 2 N–H and O–H groups in total. The van der Waals surface area contributed by atoms with Gasteiger partial charge in [-0.15, -0.1) is 0 Å². The number of nitrogens with one attached hydrogen (secondary N) is 2. The Morgan fingerprint density at radius 1 is 1.00 bits per heavy atom. The van der Waals surface area contributed by atoms with Crippen molar-refractivity contribution in [3.05, 3.63) is 104 Å². The zero-order valence-electron chi connectivity index (χ0n) is 19.6. The van der Waals surface area contributed by atoms with Crippen molar-refractivity contribution < 1.29 is 4.79 Å². The van der Waals surface area contributed by atoms with Gasteiger partial charge in [0.1, 0.15) is 0 Å². The first-order valence-electron chi connectivity index (χ1n) is 11.2. The summed E-state index contributed by atoms with van der Waals surface area (Å²) in [6.07, 6.45) is 0. The Balaban J connectivity index is 1.54. The molecule has 0 atom stereocenters. The van der Waals surface area contributed by atoms with Gasteiger partial charge in [-0.1, -0.05) is 48.5 Å². The van der Waals surface area contributed by atoms with E-state index in [1.165, 1.54) is 5.56 Å². The van der Waals surface area contributed by atoms with Crippen molar-refractivity contribution in [3.63, 3.8) is 0 Å². The van der Waals surface area contributed by atoms with E-state index in [-0.39, 0.29) is 18.0 Å². The quantitative estimate of drug-likeness (QED) is 0.446. The van der Waals surface area contributed by atoms with Crippen LogP contribution in [-0.4, -0.2) is 34.5 Å². The van der Waals surface area contributed by atoms with E-state index < -0.39 is 5.69 Å². The van der Waals surface area contributed by atoms with Gasteiger partial charge < -0.3 is 15.2 Å². The third-order valence-electron chi connectivity index (χ3n) is 5.78. The van der Waals surface area contributed by atoms with E-state index in [0.29, 0.717) is 23.0 Å². The van der Waals surface area contributed by atoms with E-state index in [1.54, 1.807) is 25.1 Å². The van der Waals surface area contributed by atoms with Crippen LogP contribution in [0.5, 0.6) is 0 Å². The lowest BCUT2D eigenvalue weighted by Crippen LogP contribution is -2.34. The third-order valence-corrected chi connectivity index (χ3v) is 5.78. The topological polar surface area (TPSA) is 87.2 Å². The van der Waals surface area contributed by atoms with Gasteiger partial charge in [-0.2, -0.15) is 0 Å². The second kappa shape index (κ2) is 9.89. The SMILES string of the molecule is CCn1c(=O)[nH]c2cc(C(=O)NCc3ccccc3-c3ccc(CN(C)C)cc3)ccc2c1=O. The number of aromatic amines is 1. The van der Waals surface area contributed by atoms with Gasteiger partial charge in [0.15, 0.2) is 0 Å². The number of carbonyl (C=O) groups excluding carboxylic acids is 1. The number of hydrogen-bond acceptors (Lipinski definition) is 4. The number of fused-ring (bicyclic) bond motifs is 1. The van der Waals surface area contributed by atoms with Crippen molar-refractivity contribution in [2.75, 3.05) is 14.1 Å². The van der Waals surface area contributed by atoms with Crippen LogP contribution in [0.4, 0.5) is 0 Å². The molecular formula is C27H28N4O3. The zero-order chi connectivity index (χ0) is 24.2. The molecule has 0 fully saturated rings. The molecule has 0 unspecified atom stereocenters. The highest BCUT2D eigenvalue weighted by atomic mass is 16.2. The summed E-state index contributed by atoms with van der Waals surface area (Å²) in [7, 11) is 4.08. The predicted octanol–water partition coefficient (Wildman–Crippen LogP) is 3.37. The molecule has 3 aromatic carbocycles. The fourth-order valence-corrected chi connectivity index (χ4v) is 4.07. The first-order valence-corrected chi connectivity index (χ1v) is 11.2. The number of benzene rings is 3. The molecule has 7 heteroatoms. The minimum Gasteiger partial charge on any atom is -0.348 e. The highest BCUT2D eigenvalue weighted by Gasteiger charge is 2.12. The molecule has 1 aromatic heterocycles. The van der Waals surface area contributed by atoms with Crippen molar-refractivity contribution in [2.24, 2.45) is 0 Å². The Kier molecular flexibility index (Phi) is 6.75. The summed E-state index contributed by atoms with van der Waals surface area (Å²) in [6, 6.07) is 21.1. The minimum atomic E-state index is -0.483. The molecule has 34 heavy (non-hydrogen) atoms. The standard InChI is InChI=1S/C27H28N4O3/c1-4-31-26(33)23-14-13-20(15-24(23)29-27(31)34)25(32)28-16-21-7-5-6-8-22(21)19-11-9-18(10-12-19)17-30(2)3/h5-15H,4,16-17H2,1-3H3,(H,28,32)(H,29,34). The maximum Gasteiger partial charge on any atom is 0.328 e. The molecule has 0 aliphatic carbocycles. The van der Waals surface area contributed by atoms with Crippen LogP contribution in [0.15, 0.2) is 76.3 Å². The van der Waals surface area contributed by atoms with Gasteiger partial charge in [-0.3, -0.25) is 14.2 Å². The van der Waals surface area contributed by atoms with Gasteiger partial charge in [-0.05, 0) is 61.5 Å². The van der Waals surface area contributed by atoms with Crippen LogP contribution in [-0.2, 0) is 19.6 Å². The number of nitrogens with zero attached hydrogens (tertiary/aromatic N) is 2. The Morgan fingerprint density at radius 3 is 2.44 bits per heavy atom. The summed E-state index contributed by atoms with van der Waals surface area (Å²) in [5.41, 5.74) is 4.26. The number of rotatable bonds is 7. The molecule has 7 nitrogen and oxygen atoms in total. The van der Waals surface area contributed by atoms with Crippen molar-refractivity contribution in [3.8, 4) is 11.1 Å². The molecule has 0 bridgehead atoms. The highest BCUT2D eigenvalue weighted by molar-refractivity contribution is 5.97. The van der Waals surface area contributed by atoms with E-state index in [2.05, 4.69) is 39.5 Å². The summed E-state index contributed by atoms with van der Waals surface area (Å²) < 4.78 is 1.13. The van der Waals surface area contributed by atoms with Gasteiger partial charge in [0.25, 0.3) is 11.5 Å². The Bertz CT molecular complexity index is 1450. The van der Waals surface area contributed by atoms with E-state index in [0.717, 1.165) is 27.8 Å². The fourth-order valence-electron chi connectivity index (χ4n) is 4.07. The molecule has 4 rings (SSSR count). The van der Waals surface area contributed by atoms with Crippen LogP contribution >= 0.6 is 0 Å². The second-order valence-corrected chi connectivity index (χ2v) is 8.51. The monoisotopic (exact) mass is 456 g/mol. The molecule has 0 aliphatic rings. The maximum atomic E-state index is 12.9. The van der Waals surface area contributed by atoms with E-state index in [9.17, 15) is 14.4 Å². The van der Waals surface area contributed by atoms with Gasteiger partial charge in [0, 0.05) is 25.2 Å². The summed E-state index contributed by atoms with van der Waals surface area (Å²) >= 11 is 0. The van der Waals surface area contributed by atoms with Crippen molar-refractivity contribution in [1.82, 2.24) is 19.8 Å². The maximum absolute atomic E-state index is 12.9. The largest absolute Gasteiger partial charge is 0.348 e. The molecule has 0 saturated heterocycles. The van der Waals surface area contributed by atoms with E-state index in [4.69, 9.17) is 0 Å². The molecule has 0 radical (unpaired) electrons. The van der Waals surface area contributed by atoms with Crippen LogP contribution in [0.3, 0.4) is 0 Å². The summed E-state index contributed by atoms with van der Waals surface area (Å²) in [5, 5.41) is 3.33. The highest BCUT2D eigenvalue weighted by Crippen LogP contribution is 2.24. The lowest BCUT2D eigenvalue weighted by molar-refractivity contribution is 0.0951. The Morgan fingerprint density at radius 2 is 1.74 bits per heavy atom. The Labute approximate surface area is 197 Å². The predicted molar refractivity (Wildman–Crippen MR) is 135 cm³/mol. The number of aromatic nitrogens is 2. The normalized spacial score (nSPS) is 11.2. The van der Waals surface area contributed by atoms with E-state index >= 15 is 0 Å². The molecule has 1 heterocycles. The van der Waals surface area contributed by atoms with Crippen molar-refractivity contribution in [2.45, 2.75) is 26.6 Å². The average molecular weight is 457 g/mol. The number of carbonyl (C=O) groups is 1. The van der Waals surface area contributed by atoms with Crippen LogP contribution in [0.2, 0.25) is 0 Å². The molecule has 0 aliphatic heterocycles. The lowest BCUT2D eigenvalue weighted by atomic mass is 9.98.